The van der Waals surface area contributed by atoms with Gasteiger partial charge in [-0.05, 0) is 42.9 Å². The lowest BCUT2D eigenvalue weighted by atomic mass is 9.90. The number of nitrogens with zero attached hydrogens (tertiary/aromatic N) is 1. The Morgan fingerprint density at radius 3 is 2.58 bits per heavy atom. The van der Waals surface area contributed by atoms with E-state index >= 15 is 0 Å². The molecule has 0 aliphatic carbocycles. The number of rotatable bonds is 4. The molecule has 1 aromatic rings. The molecule has 3 rings (SSSR count). The second-order valence-electron chi connectivity index (χ2n) is 6.56. The van der Waals surface area contributed by atoms with Crippen molar-refractivity contribution in [1.29, 1.82) is 0 Å². The van der Waals surface area contributed by atoms with E-state index in [4.69, 9.17) is 4.74 Å². The third kappa shape index (κ3) is 5.43. The monoisotopic (exact) mass is 356 g/mol. The normalized spacial score (nSPS) is 22.0. The molecule has 2 aliphatic rings. The fraction of sp³-hybridized carbons (Fsp3) is 0.611. The zero-order valence-corrected chi connectivity index (χ0v) is 14.7. The number of hydrogen-bond acceptors (Lipinski definition) is 3. The van der Waals surface area contributed by atoms with Crippen LogP contribution in [-0.2, 0) is 16.0 Å². The van der Waals surface area contributed by atoms with E-state index in [2.05, 4.69) is 5.32 Å². The molecule has 2 saturated heterocycles. The first-order valence-electron chi connectivity index (χ1n) is 8.55. The number of ether oxygens (including phenoxy) is 1. The highest BCUT2D eigenvalue weighted by Crippen LogP contribution is 2.22. The predicted molar refractivity (Wildman–Crippen MR) is 93.9 cm³/mol. The maximum atomic E-state index is 12.9. The smallest absolute Gasteiger partial charge is 0.225 e. The largest absolute Gasteiger partial charge is 0.375 e. The summed E-state index contributed by atoms with van der Waals surface area (Å²) in [4.78, 5) is 14.3. The van der Waals surface area contributed by atoms with Gasteiger partial charge < -0.3 is 15.0 Å². The maximum Gasteiger partial charge on any atom is 0.225 e. The van der Waals surface area contributed by atoms with Crippen molar-refractivity contribution >= 4 is 18.3 Å². The van der Waals surface area contributed by atoms with E-state index in [1.807, 2.05) is 17.0 Å². The molecule has 0 radical (unpaired) electrons. The highest BCUT2D eigenvalue weighted by Gasteiger charge is 2.25. The lowest BCUT2D eigenvalue weighted by Crippen LogP contribution is -2.44. The Morgan fingerprint density at radius 1 is 1.25 bits per heavy atom. The Hall–Kier alpha value is -1.17. The number of carbonyl (C=O) groups is 1. The van der Waals surface area contributed by atoms with Gasteiger partial charge in [0.15, 0.2) is 0 Å². The van der Waals surface area contributed by atoms with Gasteiger partial charge in [-0.25, -0.2) is 4.39 Å². The standard InChI is InChI=1S/C18H25FN2O2.ClH/c19-16-3-1-14(2-4-16)11-15-5-8-21(9-6-15)18(22)12-17-13-20-7-10-23-17;/h1-4,15,17,20H,5-13H2;1H. The summed E-state index contributed by atoms with van der Waals surface area (Å²) in [5.41, 5.74) is 1.18. The van der Waals surface area contributed by atoms with Crippen LogP contribution in [0.15, 0.2) is 24.3 Å². The number of amides is 1. The van der Waals surface area contributed by atoms with Gasteiger partial charge in [0.1, 0.15) is 5.82 Å². The number of piperidine rings is 1. The molecular weight excluding hydrogens is 331 g/mol. The van der Waals surface area contributed by atoms with Gasteiger partial charge in [0.25, 0.3) is 0 Å². The molecule has 2 heterocycles. The lowest BCUT2D eigenvalue weighted by molar-refractivity contribution is -0.136. The molecule has 2 fully saturated rings. The molecule has 1 amide bonds. The molecule has 1 aromatic carbocycles. The zero-order valence-electron chi connectivity index (χ0n) is 13.9. The van der Waals surface area contributed by atoms with Crippen LogP contribution in [0, 0.1) is 11.7 Å². The summed E-state index contributed by atoms with van der Waals surface area (Å²) in [7, 11) is 0. The van der Waals surface area contributed by atoms with Gasteiger partial charge in [-0.15, -0.1) is 12.4 Å². The van der Waals surface area contributed by atoms with Crippen LogP contribution < -0.4 is 5.32 Å². The minimum Gasteiger partial charge on any atom is -0.375 e. The summed E-state index contributed by atoms with van der Waals surface area (Å²) in [5.74, 6) is 0.602. The number of hydrogen-bond donors (Lipinski definition) is 1. The van der Waals surface area contributed by atoms with Gasteiger partial charge in [0.05, 0.1) is 19.1 Å². The van der Waals surface area contributed by atoms with Crippen LogP contribution in [0.5, 0.6) is 0 Å². The number of halogens is 2. The number of likely N-dealkylation sites (tertiary alicyclic amines) is 1. The molecule has 0 spiro atoms. The van der Waals surface area contributed by atoms with Crippen LogP contribution in [0.2, 0.25) is 0 Å². The molecule has 1 atom stereocenters. The lowest BCUT2D eigenvalue weighted by Gasteiger charge is -2.33. The first-order valence-corrected chi connectivity index (χ1v) is 8.55. The Kier molecular flexibility index (Phi) is 7.46. The summed E-state index contributed by atoms with van der Waals surface area (Å²) in [5, 5.41) is 3.26. The van der Waals surface area contributed by atoms with E-state index in [1.54, 1.807) is 0 Å². The highest BCUT2D eigenvalue weighted by molar-refractivity contribution is 5.85. The first kappa shape index (κ1) is 19.2. The van der Waals surface area contributed by atoms with Gasteiger partial charge in [-0.2, -0.15) is 0 Å². The van der Waals surface area contributed by atoms with Crippen LogP contribution in [0.4, 0.5) is 4.39 Å². The second-order valence-corrected chi connectivity index (χ2v) is 6.56. The molecule has 0 saturated carbocycles. The SMILES string of the molecule is Cl.O=C(CC1CNCCO1)N1CCC(Cc2ccc(F)cc2)CC1. The van der Waals surface area contributed by atoms with Crippen LogP contribution in [0.1, 0.15) is 24.8 Å². The van der Waals surface area contributed by atoms with Crippen LogP contribution >= 0.6 is 12.4 Å². The van der Waals surface area contributed by atoms with Crippen molar-refractivity contribution in [3.8, 4) is 0 Å². The van der Waals surface area contributed by atoms with E-state index in [0.29, 0.717) is 18.9 Å². The Bertz CT molecular complexity index is 512. The van der Waals surface area contributed by atoms with Crippen molar-refractivity contribution in [2.24, 2.45) is 5.92 Å². The quantitative estimate of drug-likeness (QED) is 0.900. The van der Waals surface area contributed by atoms with E-state index in [-0.39, 0.29) is 30.2 Å². The summed E-state index contributed by atoms with van der Waals surface area (Å²) >= 11 is 0. The molecule has 134 valence electrons. The fourth-order valence-corrected chi connectivity index (χ4v) is 3.42. The Balaban J connectivity index is 0.00000208. The molecule has 6 heteroatoms. The van der Waals surface area contributed by atoms with Crippen molar-refractivity contribution in [3.05, 3.63) is 35.6 Å². The molecule has 0 bridgehead atoms. The van der Waals surface area contributed by atoms with E-state index in [9.17, 15) is 9.18 Å². The number of benzene rings is 1. The molecule has 1 unspecified atom stereocenters. The van der Waals surface area contributed by atoms with Gasteiger partial charge in [0.2, 0.25) is 5.91 Å². The van der Waals surface area contributed by atoms with Gasteiger partial charge in [-0.3, -0.25) is 4.79 Å². The Morgan fingerprint density at radius 2 is 1.96 bits per heavy atom. The van der Waals surface area contributed by atoms with Crippen LogP contribution in [0.3, 0.4) is 0 Å². The number of carbonyl (C=O) groups excluding carboxylic acids is 1. The number of morpholine rings is 1. The van der Waals surface area contributed by atoms with Gasteiger partial charge >= 0.3 is 0 Å². The zero-order chi connectivity index (χ0) is 16.1. The van der Waals surface area contributed by atoms with Crippen molar-refractivity contribution < 1.29 is 13.9 Å². The van der Waals surface area contributed by atoms with Crippen molar-refractivity contribution in [1.82, 2.24) is 10.2 Å². The molecule has 24 heavy (non-hydrogen) atoms. The predicted octanol–water partition coefficient (Wildman–Crippen LogP) is 2.41. The average molecular weight is 357 g/mol. The average Bonchev–Trinajstić information content (AvgIpc) is 2.58. The Labute approximate surface area is 149 Å². The fourth-order valence-electron chi connectivity index (χ4n) is 3.42. The van der Waals surface area contributed by atoms with Crippen molar-refractivity contribution in [3.63, 3.8) is 0 Å². The van der Waals surface area contributed by atoms with Crippen molar-refractivity contribution in [2.75, 3.05) is 32.8 Å². The van der Waals surface area contributed by atoms with E-state index in [0.717, 1.165) is 45.4 Å². The second kappa shape index (κ2) is 9.35. The topological polar surface area (TPSA) is 41.6 Å². The minimum atomic E-state index is -0.186. The van der Waals surface area contributed by atoms with E-state index in [1.165, 1.54) is 17.7 Å². The molecule has 2 aliphatic heterocycles. The maximum absolute atomic E-state index is 12.9. The van der Waals surface area contributed by atoms with Gasteiger partial charge in [0, 0.05) is 26.2 Å². The summed E-state index contributed by atoms with van der Waals surface area (Å²) in [6.07, 6.45) is 3.51. The third-order valence-electron chi connectivity index (χ3n) is 4.81. The van der Waals surface area contributed by atoms with Gasteiger partial charge in [-0.1, -0.05) is 12.1 Å². The summed E-state index contributed by atoms with van der Waals surface area (Å²) in [6, 6.07) is 6.76. The molecule has 1 N–H and O–H groups in total. The number of nitrogens with one attached hydrogen (secondary N) is 1. The highest BCUT2D eigenvalue weighted by atomic mass is 35.5. The van der Waals surface area contributed by atoms with Crippen molar-refractivity contribution in [2.45, 2.75) is 31.8 Å². The molecule has 0 aromatic heterocycles. The van der Waals surface area contributed by atoms with Crippen LogP contribution in [0.25, 0.3) is 0 Å². The minimum absolute atomic E-state index is 0. The molecular formula is C18H26ClFN2O2. The van der Waals surface area contributed by atoms with Crippen LogP contribution in [-0.4, -0.2) is 49.7 Å². The molecule has 4 nitrogen and oxygen atoms in total. The third-order valence-corrected chi connectivity index (χ3v) is 4.81. The first-order chi connectivity index (χ1) is 11.2. The van der Waals surface area contributed by atoms with E-state index < -0.39 is 0 Å². The summed E-state index contributed by atoms with van der Waals surface area (Å²) in [6.45, 7) is 3.99. The summed E-state index contributed by atoms with van der Waals surface area (Å²) < 4.78 is 18.5.